The van der Waals surface area contributed by atoms with Crippen LogP contribution in [0.5, 0.6) is 0 Å². The largest absolute Gasteiger partial charge is 0.481 e. The Balaban J connectivity index is 3.46. The lowest BCUT2D eigenvalue weighted by molar-refractivity contribution is -0.138. The van der Waals surface area contributed by atoms with Crippen molar-refractivity contribution >= 4 is 15.8 Å². The first-order valence-electron chi connectivity index (χ1n) is 5.57. The van der Waals surface area contributed by atoms with Gasteiger partial charge in [0, 0.05) is 11.7 Å². The molecule has 0 aromatic heterocycles. The van der Waals surface area contributed by atoms with Crippen molar-refractivity contribution in [1.29, 1.82) is 0 Å². The molecule has 0 bridgehead atoms. The second kappa shape index (κ2) is 4.72. The molecule has 0 spiro atoms. The smallest absolute Gasteiger partial charge is 0.304 e. The van der Waals surface area contributed by atoms with Gasteiger partial charge in [-0.05, 0) is 24.1 Å². The van der Waals surface area contributed by atoms with E-state index in [1.165, 1.54) is 0 Å². The highest BCUT2D eigenvalue weighted by Crippen LogP contribution is 2.32. The zero-order valence-electron chi connectivity index (χ0n) is 11.0. The van der Waals surface area contributed by atoms with Gasteiger partial charge in [-0.25, -0.2) is 8.42 Å². The van der Waals surface area contributed by atoms with Crippen LogP contribution < -0.4 is 0 Å². The predicted molar refractivity (Wildman–Crippen MR) is 69.6 cm³/mol. The first-order valence-corrected chi connectivity index (χ1v) is 7.46. The minimum absolute atomic E-state index is 0.113. The summed E-state index contributed by atoms with van der Waals surface area (Å²) in [5.41, 5.74) is 0.668. The molecule has 0 saturated heterocycles. The van der Waals surface area contributed by atoms with Crippen LogP contribution in [0.2, 0.25) is 0 Å². The third-order valence-corrected chi connectivity index (χ3v) is 4.00. The van der Waals surface area contributed by atoms with Gasteiger partial charge in [0.05, 0.1) is 11.3 Å². The van der Waals surface area contributed by atoms with Gasteiger partial charge < -0.3 is 5.11 Å². The van der Waals surface area contributed by atoms with E-state index in [0.717, 1.165) is 11.8 Å². The maximum Gasteiger partial charge on any atom is 0.304 e. The van der Waals surface area contributed by atoms with Crippen LogP contribution in [0.25, 0.3) is 0 Å². The molecule has 1 rings (SSSR count). The van der Waals surface area contributed by atoms with Gasteiger partial charge >= 0.3 is 5.97 Å². The number of sulfone groups is 1. The maximum absolute atomic E-state index is 11.8. The molecule has 0 aliphatic heterocycles. The van der Waals surface area contributed by atoms with Gasteiger partial charge in [0.1, 0.15) is 0 Å². The van der Waals surface area contributed by atoms with E-state index in [0.29, 0.717) is 5.56 Å². The number of rotatable bonds is 4. The Bertz CT molecular complexity index is 571. The standard InChI is InChI=1S/C13H18O4S/c1-9-5-6-10(11(7-9)18(4,16)17)13(2,3)8-12(14)15/h5-7H,8H2,1-4H3,(H,14,15). The molecule has 0 aliphatic carbocycles. The molecule has 0 saturated carbocycles. The van der Waals surface area contributed by atoms with Crippen LogP contribution >= 0.6 is 0 Å². The number of carboxylic acids is 1. The molecule has 0 radical (unpaired) electrons. The Labute approximate surface area is 108 Å². The molecule has 18 heavy (non-hydrogen) atoms. The number of aliphatic carboxylic acids is 1. The average Bonchev–Trinajstić information content (AvgIpc) is 2.13. The molecule has 100 valence electrons. The van der Waals surface area contributed by atoms with Crippen molar-refractivity contribution in [3.8, 4) is 0 Å². The van der Waals surface area contributed by atoms with Crippen molar-refractivity contribution in [2.45, 2.75) is 37.5 Å². The number of carboxylic acid groups (broad SMARTS) is 1. The monoisotopic (exact) mass is 270 g/mol. The van der Waals surface area contributed by atoms with Crippen molar-refractivity contribution in [2.24, 2.45) is 0 Å². The fraction of sp³-hybridized carbons (Fsp3) is 0.462. The van der Waals surface area contributed by atoms with Crippen LogP contribution in [0.15, 0.2) is 23.1 Å². The summed E-state index contributed by atoms with van der Waals surface area (Å²) in [7, 11) is -3.37. The quantitative estimate of drug-likeness (QED) is 0.910. The summed E-state index contributed by atoms with van der Waals surface area (Å²) in [6.07, 6.45) is 1.03. The highest BCUT2D eigenvalue weighted by molar-refractivity contribution is 7.90. The van der Waals surface area contributed by atoms with E-state index in [1.807, 2.05) is 6.92 Å². The number of carbonyl (C=O) groups is 1. The number of aryl methyl sites for hydroxylation is 1. The predicted octanol–water partition coefficient (Wildman–Crippen LogP) is 2.15. The van der Waals surface area contributed by atoms with Crippen LogP contribution in [0.1, 0.15) is 31.4 Å². The highest BCUT2D eigenvalue weighted by atomic mass is 32.2. The van der Waals surface area contributed by atoms with Gasteiger partial charge in [-0.15, -0.1) is 0 Å². The molecule has 1 N–H and O–H groups in total. The minimum atomic E-state index is -3.37. The maximum atomic E-state index is 11.8. The molecule has 1 aromatic rings. The third kappa shape index (κ3) is 3.32. The van der Waals surface area contributed by atoms with Gasteiger partial charge in [0.25, 0.3) is 0 Å². The Hall–Kier alpha value is -1.36. The second-order valence-electron chi connectivity index (χ2n) is 5.23. The summed E-state index contributed by atoms with van der Waals surface area (Å²) in [6.45, 7) is 5.28. The Morgan fingerprint density at radius 3 is 2.33 bits per heavy atom. The van der Waals surface area contributed by atoms with Crippen LogP contribution in [0, 0.1) is 6.92 Å². The van der Waals surface area contributed by atoms with E-state index in [1.54, 1.807) is 32.0 Å². The summed E-state index contributed by atoms with van der Waals surface area (Å²) in [4.78, 5) is 11.1. The topological polar surface area (TPSA) is 71.4 Å². The molecule has 1 aromatic carbocycles. The normalized spacial score (nSPS) is 12.4. The fourth-order valence-electron chi connectivity index (χ4n) is 1.97. The Kier molecular flexibility index (Phi) is 3.86. The SMILES string of the molecule is Cc1ccc(C(C)(C)CC(=O)O)c(S(C)(=O)=O)c1. The summed E-state index contributed by atoms with van der Waals surface area (Å²) in [6, 6.07) is 5.09. The summed E-state index contributed by atoms with van der Waals surface area (Å²) < 4.78 is 23.6. The van der Waals surface area contributed by atoms with Crippen LogP contribution in [0.4, 0.5) is 0 Å². The van der Waals surface area contributed by atoms with Crippen molar-refractivity contribution in [3.05, 3.63) is 29.3 Å². The van der Waals surface area contributed by atoms with Crippen molar-refractivity contribution in [2.75, 3.05) is 6.26 Å². The first-order chi connectivity index (χ1) is 8.04. The van der Waals surface area contributed by atoms with Crippen LogP contribution in [0.3, 0.4) is 0 Å². The zero-order chi connectivity index (χ0) is 14.1. The molecule has 0 atom stereocenters. The number of hydrogen-bond acceptors (Lipinski definition) is 3. The van der Waals surface area contributed by atoms with Gasteiger partial charge in [0.15, 0.2) is 9.84 Å². The van der Waals surface area contributed by atoms with Crippen molar-refractivity contribution < 1.29 is 18.3 Å². The summed E-state index contributed by atoms with van der Waals surface area (Å²) >= 11 is 0. The molecule has 4 nitrogen and oxygen atoms in total. The Morgan fingerprint density at radius 1 is 1.33 bits per heavy atom. The van der Waals surface area contributed by atoms with Gasteiger partial charge in [-0.2, -0.15) is 0 Å². The molecule has 0 unspecified atom stereocenters. The average molecular weight is 270 g/mol. The van der Waals surface area contributed by atoms with Gasteiger partial charge in [-0.3, -0.25) is 4.79 Å². The molecule has 0 amide bonds. The van der Waals surface area contributed by atoms with E-state index in [-0.39, 0.29) is 11.3 Å². The summed E-state index contributed by atoms with van der Waals surface area (Å²) in [5, 5.41) is 8.91. The van der Waals surface area contributed by atoms with E-state index < -0.39 is 21.2 Å². The van der Waals surface area contributed by atoms with Crippen molar-refractivity contribution in [1.82, 2.24) is 0 Å². The highest BCUT2D eigenvalue weighted by Gasteiger charge is 2.29. The Morgan fingerprint density at radius 2 is 1.89 bits per heavy atom. The number of hydrogen-bond donors (Lipinski definition) is 1. The molecule has 0 aliphatic rings. The molecule has 0 fully saturated rings. The minimum Gasteiger partial charge on any atom is -0.481 e. The molecule has 0 heterocycles. The van der Waals surface area contributed by atoms with E-state index >= 15 is 0 Å². The molecular weight excluding hydrogens is 252 g/mol. The fourth-order valence-corrected chi connectivity index (χ4v) is 3.11. The van der Waals surface area contributed by atoms with Crippen LogP contribution in [-0.4, -0.2) is 25.7 Å². The first kappa shape index (κ1) is 14.7. The van der Waals surface area contributed by atoms with Crippen molar-refractivity contribution in [3.63, 3.8) is 0 Å². The van der Waals surface area contributed by atoms with E-state index in [2.05, 4.69) is 0 Å². The zero-order valence-corrected chi connectivity index (χ0v) is 11.8. The lowest BCUT2D eigenvalue weighted by Gasteiger charge is -2.25. The van der Waals surface area contributed by atoms with Gasteiger partial charge in [0.2, 0.25) is 0 Å². The van der Waals surface area contributed by atoms with Crippen LogP contribution in [-0.2, 0) is 20.0 Å². The number of benzene rings is 1. The van der Waals surface area contributed by atoms with Gasteiger partial charge in [-0.1, -0.05) is 26.0 Å². The molecular formula is C13H18O4S. The molecule has 5 heteroatoms. The summed E-state index contributed by atoms with van der Waals surface area (Å²) in [5.74, 6) is -0.944. The lowest BCUT2D eigenvalue weighted by Crippen LogP contribution is -2.24. The third-order valence-electron chi connectivity index (χ3n) is 2.86. The second-order valence-corrected chi connectivity index (χ2v) is 7.21. The lowest BCUT2D eigenvalue weighted by atomic mass is 9.81. The van der Waals surface area contributed by atoms with E-state index in [9.17, 15) is 13.2 Å². The van der Waals surface area contributed by atoms with E-state index in [4.69, 9.17) is 5.11 Å².